The summed E-state index contributed by atoms with van der Waals surface area (Å²) in [5, 5.41) is 0. The molecule has 0 amide bonds. The van der Waals surface area contributed by atoms with E-state index in [1.165, 1.54) is 5.56 Å². The largest absolute Gasteiger partial charge is 0.383 e. The van der Waals surface area contributed by atoms with Crippen LogP contribution < -0.4 is 5.73 Å². The molecule has 0 saturated carbocycles. The lowest BCUT2D eigenvalue weighted by Gasteiger charge is -2.10. The highest BCUT2D eigenvalue weighted by atomic mass is 15.1. The molecule has 1 aromatic carbocycles. The minimum Gasteiger partial charge on any atom is -0.383 e. The molecule has 0 aliphatic carbocycles. The smallest absolute Gasteiger partial charge is 0.132 e. The van der Waals surface area contributed by atoms with Crippen LogP contribution in [0, 0.1) is 0 Å². The van der Waals surface area contributed by atoms with Gasteiger partial charge < -0.3 is 5.73 Å². The van der Waals surface area contributed by atoms with Crippen LogP contribution >= 0.6 is 0 Å². The van der Waals surface area contributed by atoms with E-state index in [2.05, 4.69) is 41.2 Å². The fourth-order valence-electron chi connectivity index (χ4n) is 2.45. The molecule has 21 heavy (non-hydrogen) atoms. The van der Waals surface area contributed by atoms with Crippen molar-refractivity contribution in [1.29, 1.82) is 0 Å². The molecule has 0 atom stereocenters. The number of hydrogen-bond donors (Lipinski definition) is 1. The molecule has 0 radical (unpaired) electrons. The van der Waals surface area contributed by atoms with Crippen molar-refractivity contribution in [2.24, 2.45) is 0 Å². The highest BCUT2D eigenvalue weighted by molar-refractivity contribution is 5.71. The number of nitrogen functional groups attached to an aromatic ring is 1. The number of nitrogens with zero attached hydrogens (tertiary/aromatic N) is 3. The Labute approximate surface area is 124 Å². The molecule has 0 fully saturated rings. The van der Waals surface area contributed by atoms with E-state index < -0.39 is 0 Å². The lowest BCUT2D eigenvalue weighted by Crippen LogP contribution is -1.99. The molecule has 0 aliphatic rings. The molecule has 0 aliphatic heterocycles. The number of imidazole rings is 1. The van der Waals surface area contributed by atoms with Crippen molar-refractivity contribution in [2.45, 2.75) is 19.8 Å². The Balaban J connectivity index is 2.01. The lowest BCUT2D eigenvalue weighted by atomic mass is 10.1. The predicted molar refractivity (Wildman–Crippen MR) is 85.2 cm³/mol. The third-order valence-corrected chi connectivity index (χ3v) is 3.51. The number of anilines is 1. The lowest BCUT2D eigenvalue weighted by molar-refractivity contribution is 0.920. The van der Waals surface area contributed by atoms with E-state index in [9.17, 15) is 0 Å². The van der Waals surface area contributed by atoms with Gasteiger partial charge in [0, 0.05) is 17.4 Å². The first-order chi connectivity index (χ1) is 10.3. The molecule has 0 spiro atoms. The van der Waals surface area contributed by atoms with Gasteiger partial charge in [0.25, 0.3) is 0 Å². The fraction of sp³-hybridized carbons (Fsp3) is 0.176. The number of aryl methyl sites for hydroxylation is 1. The predicted octanol–water partition coefficient (Wildman–Crippen LogP) is 3.47. The van der Waals surface area contributed by atoms with Gasteiger partial charge in [-0.1, -0.05) is 25.5 Å². The molecule has 2 aromatic heterocycles. The Morgan fingerprint density at radius 1 is 1.14 bits per heavy atom. The molecule has 0 saturated heterocycles. The molecule has 3 aromatic rings. The van der Waals surface area contributed by atoms with E-state index in [0.717, 1.165) is 29.8 Å². The van der Waals surface area contributed by atoms with Crippen LogP contribution in [0.1, 0.15) is 18.9 Å². The Hall–Kier alpha value is -2.62. The van der Waals surface area contributed by atoms with E-state index in [0.29, 0.717) is 5.82 Å². The Kier molecular flexibility index (Phi) is 3.69. The maximum absolute atomic E-state index is 5.97. The van der Waals surface area contributed by atoms with Crippen molar-refractivity contribution >= 4 is 5.82 Å². The van der Waals surface area contributed by atoms with Crippen LogP contribution in [0.2, 0.25) is 0 Å². The third kappa shape index (κ3) is 2.65. The SMILES string of the molecule is CCCc1ccc(-n2cncc2-c2cccnc2N)cc1. The van der Waals surface area contributed by atoms with Gasteiger partial charge in [0.2, 0.25) is 0 Å². The van der Waals surface area contributed by atoms with Crippen LogP contribution in [-0.2, 0) is 6.42 Å². The second-order valence-corrected chi connectivity index (χ2v) is 5.00. The summed E-state index contributed by atoms with van der Waals surface area (Å²) in [5.74, 6) is 0.516. The summed E-state index contributed by atoms with van der Waals surface area (Å²) in [7, 11) is 0. The molecule has 4 heteroatoms. The highest BCUT2D eigenvalue weighted by Crippen LogP contribution is 2.26. The minimum atomic E-state index is 0.516. The van der Waals surface area contributed by atoms with Gasteiger partial charge in [-0.15, -0.1) is 0 Å². The summed E-state index contributed by atoms with van der Waals surface area (Å²) in [6.45, 7) is 2.19. The summed E-state index contributed by atoms with van der Waals surface area (Å²) in [6.07, 6.45) is 7.57. The topological polar surface area (TPSA) is 56.7 Å². The molecule has 106 valence electrons. The molecule has 4 nitrogen and oxygen atoms in total. The number of pyridine rings is 1. The van der Waals surface area contributed by atoms with Gasteiger partial charge in [0.15, 0.2) is 0 Å². The highest BCUT2D eigenvalue weighted by Gasteiger charge is 2.10. The van der Waals surface area contributed by atoms with E-state index in [1.54, 1.807) is 12.5 Å². The summed E-state index contributed by atoms with van der Waals surface area (Å²) >= 11 is 0. The van der Waals surface area contributed by atoms with E-state index in [1.807, 2.05) is 22.9 Å². The maximum atomic E-state index is 5.97. The average Bonchev–Trinajstić information content (AvgIpc) is 2.98. The maximum Gasteiger partial charge on any atom is 0.132 e. The Morgan fingerprint density at radius 3 is 2.67 bits per heavy atom. The van der Waals surface area contributed by atoms with Crippen molar-refractivity contribution in [1.82, 2.24) is 14.5 Å². The summed E-state index contributed by atoms with van der Waals surface area (Å²) in [4.78, 5) is 8.40. The van der Waals surface area contributed by atoms with Crippen LogP contribution in [0.25, 0.3) is 16.9 Å². The molecule has 2 heterocycles. The zero-order valence-electron chi connectivity index (χ0n) is 12.0. The van der Waals surface area contributed by atoms with E-state index in [4.69, 9.17) is 5.73 Å². The average molecular weight is 278 g/mol. The fourth-order valence-corrected chi connectivity index (χ4v) is 2.45. The van der Waals surface area contributed by atoms with Crippen LogP contribution in [0.5, 0.6) is 0 Å². The quantitative estimate of drug-likeness (QED) is 0.795. The van der Waals surface area contributed by atoms with Gasteiger partial charge in [0.05, 0.1) is 18.2 Å². The zero-order valence-corrected chi connectivity index (χ0v) is 12.0. The Morgan fingerprint density at radius 2 is 1.95 bits per heavy atom. The summed E-state index contributed by atoms with van der Waals surface area (Å²) in [6, 6.07) is 12.4. The first-order valence-electron chi connectivity index (χ1n) is 7.12. The van der Waals surface area contributed by atoms with Crippen molar-refractivity contribution in [3.8, 4) is 16.9 Å². The normalized spacial score (nSPS) is 10.7. The van der Waals surface area contributed by atoms with Crippen LogP contribution in [0.3, 0.4) is 0 Å². The molecular weight excluding hydrogens is 260 g/mol. The zero-order chi connectivity index (χ0) is 14.7. The third-order valence-electron chi connectivity index (χ3n) is 3.51. The van der Waals surface area contributed by atoms with E-state index >= 15 is 0 Å². The molecule has 3 rings (SSSR count). The van der Waals surface area contributed by atoms with Gasteiger partial charge >= 0.3 is 0 Å². The molecule has 0 unspecified atom stereocenters. The van der Waals surface area contributed by atoms with Crippen molar-refractivity contribution < 1.29 is 0 Å². The summed E-state index contributed by atoms with van der Waals surface area (Å²) in [5.41, 5.74) is 10.2. The van der Waals surface area contributed by atoms with Crippen molar-refractivity contribution in [3.05, 3.63) is 60.7 Å². The number of nitrogens with two attached hydrogens (primary N) is 1. The van der Waals surface area contributed by atoms with Gasteiger partial charge in [-0.2, -0.15) is 0 Å². The van der Waals surface area contributed by atoms with Crippen LogP contribution in [0.15, 0.2) is 55.1 Å². The first kappa shape index (κ1) is 13.4. The second kappa shape index (κ2) is 5.79. The second-order valence-electron chi connectivity index (χ2n) is 5.00. The van der Waals surface area contributed by atoms with Crippen LogP contribution in [-0.4, -0.2) is 14.5 Å². The molecular formula is C17H18N4. The van der Waals surface area contributed by atoms with Gasteiger partial charge in [-0.25, -0.2) is 9.97 Å². The Bertz CT molecular complexity index is 729. The number of rotatable bonds is 4. The molecule has 2 N–H and O–H groups in total. The van der Waals surface area contributed by atoms with Crippen molar-refractivity contribution in [3.63, 3.8) is 0 Å². The van der Waals surface area contributed by atoms with Crippen molar-refractivity contribution in [2.75, 3.05) is 5.73 Å². The number of benzene rings is 1. The standard InChI is InChI=1S/C17H18N4/c1-2-4-13-6-8-14(9-7-13)21-12-19-11-16(21)15-5-3-10-20-17(15)18/h3,5-12H,2,4H2,1H3,(H2,18,20). The van der Waals surface area contributed by atoms with Gasteiger partial charge in [0.1, 0.15) is 5.82 Å². The number of aromatic nitrogens is 3. The summed E-state index contributed by atoms with van der Waals surface area (Å²) < 4.78 is 2.03. The minimum absolute atomic E-state index is 0.516. The van der Waals surface area contributed by atoms with Gasteiger partial charge in [-0.3, -0.25) is 4.57 Å². The van der Waals surface area contributed by atoms with E-state index in [-0.39, 0.29) is 0 Å². The monoisotopic (exact) mass is 278 g/mol. The van der Waals surface area contributed by atoms with Gasteiger partial charge in [-0.05, 0) is 36.2 Å². The number of hydrogen-bond acceptors (Lipinski definition) is 3. The van der Waals surface area contributed by atoms with Crippen LogP contribution in [0.4, 0.5) is 5.82 Å². The molecule has 0 bridgehead atoms. The first-order valence-corrected chi connectivity index (χ1v) is 7.12.